The first kappa shape index (κ1) is 28.1. The SMILES string of the molecule is O=C(O)c1ccc(-c2ccc(N(c3ccc(-c4ccc(C(=O)O)s4)cc3)c3ccc(-c4ccc(C(=O)O)s4)cc3)cc2)s1. The van der Waals surface area contributed by atoms with E-state index in [2.05, 4.69) is 4.90 Å². The van der Waals surface area contributed by atoms with E-state index in [-0.39, 0.29) is 14.6 Å². The van der Waals surface area contributed by atoms with Gasteiger partial charge in [0.25, 0.3) is 0 Å². The van der Waals surface area contributed by atoms with E-state index in [4.69, 9.17) is 0 Å². The van der Waals surface area contributed by atoms with Gasteiger partial charge in [-0.25, -0.2) is 14.4 Å². The minimum atomic E-state index is -0.950. The number of hydrogen-bond acceptors (Lipinski definition) is 7. The van der Waals surface area contributed by atoms with Crippen LogP contribution >= 0.6 is 34.0 Å². The largest absolute Gasteiger partial charge is 0.477 e. The van der Waals surface area contributed by atoms with Crippen molar-refractivity contribution in [1.29, 1.82) is 0 Å². The van der Waals surface area contributed by atoms with Gasteiger partial charge in [0.05, 0.1) is 0 Å². The topological polar surface area (TPSA) is 115 Å². The van der Waals surface area contributed by atoms with Crippen molar-refractivity contribution in [1.82, 2.24) is 0 Å². The molecule has 43 heavy (non-hydrogen) atoms. The van der Waals surface area contributed by atoms with Crippen LogP contribution in [0.15, 0.2) is 109 Å². The molecule has 3 heterocycles. The molecular formula is C33H21NO6S3. The Morgan fingerprint density at radius 2 is 0.651 bits per heavy atom. The van der Waals surface area contributed by atoms with Crippen molar-refractivity contribution in [2.45, 2.75) is 0 Å². The maximum Gasteiger partial charge on any atom is 0.345 e. The van der Waals surface area contributed by atoms with Crippen LogP contribution in [0.5, 0.6) is 0 Å². The molecule has 212 valence electrons. The quantitative estimate of drug-likeness (QED) is 0.147. The smallest absolute Gasteiger partial charge is 0.345 e. The number of benzene rings is 3. The molecule has 0 saturated heterocycles. The standard InChI is InChI=1S/C33H21NO6S3/c35-31(36)28-16-13-25(41-28)19-1-7-22(8-2-19)34(23-9-3-20(4-10-23)26-14-17-29(42-26)32(37)38)24-11-5-21(6-12-24)27-15-18-30(43-27)33(39)40/h1-18H,(H,35,36)(H,37,38)(H,39,40). The minimum absolute atomic E-state index is 0.281. The number of carbonyl (C=O) groups is 3. The highest BCUT2D eigenvalue weighted by Gasteiger charge is 2.16. The van der Waals surface area contributed by atoms with Gasteiger partial charge >= 0.3 is 17.9 Å². The molecule has 6 aromatic rings. The van der Waals surface area contributed by atoms with Crippen LogP contribution in [0.3, 0.4) is 0 Å². The zero-order chi connectivity index (χ0) is 30.1. The summed E-state index contributed by atoms with van der Waals surface area (Å²) >= 11 is 3.67. The maximum atomic E-state index is 11.3. The molecule has 3 aromatic carbocycles. The Balaban J connectivity index is 1.36. The monoisotopic (exact) mass is 623 g/mol. The molecule has 0 unspecified atom stereocenters. The van der Waals surface area contributed by atoms with Gasteiger partial charge in [-0.05, 0) is 89.5 Å². The normalized spacial score (nSPS) is 10.9. The average Bonchev–Trinajstić information content (AvgIpc) is 3.80. The molecule has 0 fully saturated rings. The van der Waals surface area contributed by atoms with E-state index in [0.29, 0.717) is 0 Å². The summed E-state index contributed by atoms with van der Waals surface area (Å²) < 4.78 is 0. The molecule has 3 N–H and O–H groups in total. The molecule has 0 aliphatic heterocycles. The van der Waals surface area contributed by atoms with E-state index in [9.17, 15) is 29.7 Å². The van der Waals surface area contributed by atoms with Crippen molar-refractivity contribution < 1.29 is 29.7 Å². The predicted molar refractivity (Wildman–Crippen MR) is 172 cm³/mol. The molecule has 0 saturated carbocycles. The number of hydrogen-bond donors (Lipinski definition) is 3. The van der Waals surface area contributed by atoms with Crippen molar-refractivity contribution in [3.63, 3.8) is 0 Å². The molecule has 0 atom stereocenters. The van der Waals surface area contributed by atoms with Gasteiger partial charge in [-0.2, -0.15) is 0 Å². The summed E-state index contributed by atoms with van der Waals surface area (Å²) in [7, 11) is 0. The van der Waals surface area contributed by atoms with Crippen LogP contribution in [0.25, 0.3) is 31.3 Å². The number of rotatable bonds is 9. The van der Waals surface area contributed by atoms with Crippen molar-refractivity contribution in [2.24, 2.45) is 0 Å². The lowest BCUT2D eigenvalue weighted by molar-refractivity contribution is 0.0691. The molecule has 6 rings (SSSR count). The fourth-order valence-electron chi connectivity index (χ4n) is 4.60. The van der Waals surface area contributed by atoms with Crippen LogP contribution in [0.4, 0.5) is 17.1 Å². The first-order valence-corrected chi connectivity index (χ1v) is 15.3. The first-order chi connectivity index (χ1) is 20.8. The van der Waals surface area contributed by atoms with Crippen molar-refractivity contribution >= 4 is 69.0 Å². The summed E-state index contributed by atoms with van der Waals surface area (Å²) in [6.45, 7) is 0. The molecule has 0 radical (unpaired) electrons. The van der Waals surface area contributed by atoms with Crippen molar-refractivity contribution in [3.8, 4) is 31.3 Å². The third-order valence-corrected chi connectivity index (χ3v) is 10.0. The summed E-state index contributed by atoms with van der Waals surface area (Å²) in [5.41, 5.74) is 5.37. The molecule has 10 heteroatoms. The molecule has 0 amide bonds. The van der Waals surface area contributed by atoms with Crippen LogP contribution in [0.1, 0.15) is 29.0 Å². The van der Waals surface area contributed by atoms with Gasteiger partial charge in [0, 0.05) is 31.7 Å². The molecule has 0 aliphatic rings. The second kappa shape index (κ2) is 11.7. The molecule has 0 bridgehead atoms. The highest BCUT2D eigenvalue weighted by Crippen LogP contribution is 2.39. The van der Waals surface area contributed by atoms with E-state index in [1.54, 1.807) is 36.4 Å². The second-order valence-corrected chi connectivity index (χ2v) is 12.6. The summed E-state index contributed by atoms with van der Waals surface area (Å²) in [5, 5.41) is 27.9. The third kappa shape index (κ3) is 5.84. The zero-order valence-electron chi connectivity index (χ0n) is 22.1. The third-order valence-electron chi connectivity index (χ3n) is 6.68. The van der Waals surface area contributed by atoms with Crippen molar-refractivity contribution in [3.05, 3.63) is 124 Å². The number of carboxylic acids is 3. The van der Waals surface area contributed by atoms with Gasteiger partial charge < -0.3 is 20.2 Å². The van der Waals surface area contributed by atoms with Gasteiger partial charge in [0.15, 0.2) is 0 Å². The van der Waals surface area contributed by atoms with E-state index < -0.39 is 17.9 Å². The molecule has 0 aliphatic carbocycles. The molecule has 7 nitrogen and oxygen atoms in total. The van der Waals surface area contributed by atoms with Crippen LogP contribution < -0.4 is 4.90 Å². The van der Waals surface area contributed by atoms with E-state index in [1.165, 1.54) is 34.0 Å². The molecule has 0 spiro atoms. The molecular weight excluding hydrogens is 603 g/mol. The Bertz CT molecular complexity index is 1720. The van der Waals surface area contributed by atoms with Gasteiger partial charge in [-0.1, -0.05) is 36.4 Å². The minimum Gasteiger partial charge on any atom is -0.477 e. The fourth-order valence-corrected chi connectivity index (χ4v) is 7.15. The van der Waals surface area contributed by atoms with Gasteiger partial charge in [0.2, 0.25) is 0 Å². The van der Waals surface area contributed by atoms with Crippen LogP contribution in [-0.2, 0) is 0 Å². The van der Waals surface area contributed by atoms with Gasteiger partial charge in [-0.3, -0.25) is 0 Å². The first-order valence-electron chi connectivity index (χ1n) is 12.9. The van der Waals surface area contributed by atoms with Crippen LogP contribution in [-0.4, -0.2) is 33.2 Å². The predicted octanol–water partition coefficient (Wildman–Crippen LogP) is 9.44. The van der Waals surface area contributed by atoms with Crippen LogP contribution in [0.2, 0.25) is 0 Å². The Hall–Kier alpha value is -5.03. The van der Waals surface area contributed by atoms with E-state index in [1.807, 2.05) is 72.8 Å². The number of aromatic carboxylic acids is 3. The maximum absolute atomic E-state index is 11.3. The lowest BCUT2D eigenvalue weighted by atomic mass is 10.1. The Morgan fingerprint density at radius 1 is 0.395 bits per heavy atom. The number of carboxylic acid groups (broad SMARTS) is 3. The number of nitrogens with zero attached hydrogens (tertiary/aromatic N) is 1. The van der Waals surface area contributed by atoms with Gasteiger partial charge in [-0.15, -0.1) is 34.0 Å². The summed E-state index contributed by atoms with van der Waals surface area (Å²) in [6.07, 6.45) is 0. The Morgan fingerprint density at radius 3 is 0.860 bits per heavy atom. The highest BCUT2D eigenvalue weighted by atomic mass is 32.1. The van der Waals surface area contributed by atoms with Crippen LogP contribution in [0, 0.1) is 0 Å². The van der Waals surface area contributed by atoms with E-state index >= 15 is 0 Å². The van der Waals surface area contributed by atoms with Crippen molar-refractivity contribution in [2.75, 3.05) is 4.90 Å². The lowest BCUT2D eigenvalue weighted by Gasteiger charge is -2.26. The summed E-state index contributed by atoms with van der Waals surface area (Å²) in [4.78, 5) is 39.5. The summed E-state index contributed by atoms with van der Waals surface area (Å²) in [5.74, 6) is -2.85. The summed E-state index contributed by atoms with van der Waals surface area (Å²) in [6, 6.07) is 33.9. The highest BCUT2D eigenvalue weighted by molar-refractivity contribution is 7.18. The lowest BCUT2D eigenvalue weighted by Crippen LogP contribution is -2.09. The number of thiophene rings is 3. The van der Waals surface area contributed by atoms with E-state index in [0.717, 1.165) is 48.4 Å². The number of anilines is 3. The second-order valence-electron chi connectivity index (χ2n) is 9.38. The Labute approximate surface area is 257 Å². The average molecular weight is 624 g/mol. The van der Waals surface area contributed by atoms with Gasteiger partial charge in [0.1, 0.15) is 14.6 Å². The fraction of sp³-hybridized carbons (Fsp3) is 0. The molecule has 3 aromatic heterocycles. The zero-order valence-corrected chi connectivity index (χ0v) is 24.6. The Kier molecular flexibility index (Phi) is 7.64.